The summed E-state index contributed by atoms with van der Waals surface area (Å²) in [6, 6.07) is 7.60. The van der Waals surface area contributed by atoms with Crippen LogP contribution in [-0.2, 0) is 16.2 Å². The Hall–Kier alpha value is -1.96. The molecule has 24 heavy (non-hydrogen) atoms. The minimum Gasteiger partial charge on any atom is -0.375 e. The molecule has 128 valence electrons. The van der Waals surface area contributed by atoms with Crippen LogP contribution < -0.4 is 0 Å². The summed E-state index contributed by atoms with van der Waals surface area (Å²) in [7, 11) is 1.54. The number of carbonyl (C=O) groups is 1. The van der Waals surface area contributed by atoms with Gasteiger partial charge in [-0.05, 0) is 12.1 Å². The molecular formula is C16H20ClN5O2. The zero-order valence-corrected chi connectivity index (χ0v) is 14.3. The molecule has 3 rings (SSSR count). The molecule has 2 heterocycles. The van der Waals surface area contributed by atoms with Crippen molar-refractivity contribution in [2.24, 2.45) is 0 Å². The van der Waals surface area contributed by atoms with Gasteiger partial charge in [-0.1, -0.05) is 23.7 Å². The first kappa shape index (κ1) is 16.9. The van der Waals surface area contributed by atoms with E-state index in [-0.39, 0.29) is 12.5 Å². The van der Waals surface area contributed by atoms with Crippen LogP contribution in [0.25, 0.3) is 11.4 Å². The molecule has 1 aliphatic rings. The fraction of sp³-hybridized carbons (Fsp3) is 0.438. The Labute approximate surface area is 145 Å². The highest BCUT2D eigenvalue weighted by molar-refractivity contribution is 6.33. The number of piperazine rings is 1. The number of aromatic nitrogens is 3. The third kappa shape index (κ3) is 3.75. The number of hydrogen-bond acceptors (Lipinski definition) is 5. The highest BCUT2D eigenvalue weighted by Crippen LogP contribution is 2.25. The summed E-state index contributed by atoms with van der Waals surface area (Å²) < 4.78 is 6.75. The number of benzene rings is 1. The van der Waals surface area contributed by atoms with E-state index in [0.717, 1.165) is 24.5 Å². The quantitative estimate of drug-likeness (QED) is 0.815. The van der Waals surface area contributed by atoms with Gasteiger partial charge < -0.3 is 9.64 Å². The van der Waals surface area contributed by atoms with E-state index >= 15 is 0 Å². The van der Waals surface area contributed by atoms with Gasteiger partial charge in [0.2, 0.25) is 5.91 Å². The van der Waals surface area contributed by atoms with Crippen LogP contribution in [-0.4, -0.2) is 70.4 Å². The van der Waals surface area contributed by atoms with E-state index in [1.807, 2.05) is 33.8 Å². The van der Waals surface area contributed by atoms with E-state index in [1.54, 1.807) is 0 Å². The Bertz CT molecular complexity index is 697. The molecule has 1 aromatic heterocycles. The van der Waals surface area contributed by atoms with Crippen LogP contribution in [0.2, 0.25) is 5.02 Å². The first-order valence-corrected chi connectivity index (χ1v) is 8.18. The third-order valence-corrected chi connectivity index (χ3v) is 4.39. The van der Waals surface area contributed by atoms with E-state index in [2.05, 4.69) is 15.0 Å². The zero-order chi connectivity index (χ0) is 16.9. The van der Waals surface area contributed by atoms with Crippen molar-refractivity contribution in [2.75, 3.05) is 39.9 Å². The van der Waals surface area contributed by atoms with E-state index in [9.17, 15) is 4.79 Å². The summed E-state index contributed by atoms with van der Waals surface area (Å²) in [5.74, 6) is 0.785. The summed E-state index contributed by atoms with van der Waals surface area (Å²) in [4.78, 5) is 20.2. The molecule has 2 aromatic rings. The summed E-state index contributed by atoms with van der Waals surface area (Å²) in [6.07, 6.45) is 1.54. The van der Waals surface area contributed by atoms with Gasteiger partial charge in [-0.25, -0.2) is 9.67 Å². The lowest BCUT2D eigenvalue weighted by molar-refractivity contribution is -0.137. The molecule has 0 atom stereocenters. The van der Waals surface area contributed by atoms with Crippen LogP contribution in [0.1, 0.15) is 0 Å². The van der Waals surface area contributed by atoms with Gasteiger partial charge in [0, 0.05) is 38.9 Å². The zero-order valence-electron chi connectivity index (χ0n) is 13.6. The summed E-state index contributed by atoms with van der Waals surface area (Å²) in [5, 5.41) is 4.97. The highest BCUT2D eigenvalue weighted by atomic mass is 35.5. The monoisotopic (exact) mass is 349 g/mol. The van der Waals surface area contributed by atoms with Crippen LogP contribution in [0.15, 0.2) is 30.6 Å². The summed E-state index contributed by atoms with van der Waals surface area (Å²) >= 11 is 6.26. The standard InChI is InChI=1S/C16H20ClN5O2/c1-24-10-15(23)21-8-6-20(7-9-21)12-22-16(18-11-19-22)13-4-2-3-5-14(13)17/h2-5,11H,6-10,12H2,1H3. The Kier molecular flexibility index (Phi) is 5.44. The number of methoxy groups -OCH3 is 1. The molecule has 1 saturated heterocycles. The van der Waals surface area contributed by atoms with Crippen molar-refractivity contribution in [2.45, 2.75) is 6.67 Å². The van der Waals surface area contributed by atoms with Crippen molar-refractivity contribution in [3.8, 4) is 11.4 Å². The second kappa shape index (κ2) is 7.74. The van der Waals surface area contributed by atoms with Crippen molar-refractivity contribution in [3.05, 3.63) is 35.6 Å². The van der Waals surface area contributed by atoms with E-state index in [0.29, 0.717) is 24.8 Å². The van der Waals surface area contributed by atoms with E-state index < -0.39 is 0 Å². The van der Waals surface area contributed by atoms with Gasteiger partial charge in [0.1, 0.15) is 12.9 Å². The lowest BCUT2D eigenvalue weighted by atomic mass is 10.2. The van der Waals surface area contributed by atoms with Gasteiger partial charge in [-0.2, -0.15) is 5.10 Å². The highest BCUT2D eigenvalue weighted by Gasteiger charge is 2.22. The summed E-state index contributed by atoms with van der Waals surface area (Å²) in [6.45, 7) is 3.72. The largest absolute Gasteiger partial charge is 0.375 e. The average molecular weight is 350 g/mol. The predicted molar refractivity (Wildman–Crippen MR) is 90.5 cm³/mol. The van der Waals surface area contributed by atoms with Crippen LogP contribution in [0.4, 0.5) is 0 Å². The Morgan fingerprint density at radius 2 is 2.00 bits per heavy atom. The fourth-order valence-corrected chi connectivity index (χ4v) is 2.98. The number of amides is 1. The molecule has 1 fully saturated rings. The normalized spacial score (nSPS) is 15.7. The minimum atomic E-state index is 0.0367. The number of hydrogen-bond donors (Lipinski definition) is 0. The van der Waals surface area contributed by atoms with Gasteiger partial charge in [-0.15, -0.1) is 0 Å². The maximum absolute atomic E-state index is 11.8. The van der Waals surface area contributed by atoms with Crippen LogP contribution in [0.5, 0.6) is 0 Å². The van der Waals surface area contributed by atoms with Gasteiger partial charge in [-0.3, -0.25) is 9.69 Å². The first-order valence-electron chi connectivity index (χ1n) is 7.81. The molecule has 8 heteroatoms. The fourth-order valence-electron chi connectivity index (χ4n) is 2.76. The molecule has 1 aliphatic heterocycles. The van der Waals surface area contributed by atoms with Crippen LogP contribution >= 0.6 is 11.6 Å². The van der Waals surface area contributed by atoms with Gasteiger partial charge in [0.15, 0.2) is 5.82 Å². The predicted octanol–water partition coefficient (Wildman–Crippen LogP) is 1.35. The van der Waals surface area contributed by atoms with Gasteiger partial charge in [0.25, 0.3) is 0 Å². The molecule has 0 aliphatic carbocycles. The SMILES string of the molecule is COCC(=O)N1CCN(Cn2ncnc2-c2ccccc2Cl)CC1. The number of rotatable bonds is 5. The van der Waals surface area contributed by atoms with Crippen molar-refractivity contribution in [1.29, 1.82) is 0 Å². The van der Waals surface area contributed by atoms with Crippen molar-refractivity contribution in [1.82, 2.24) is 24.6 Å². The molecule has 7 nitrogen and oxygen atoms in total. The van der Waals surface area contributed by atoms with Crippen LogP contribution in [0.3, 0.4) is 0 Å². The topological polar surface area (TPSA) is 63.5 Å². The second-order valence-corrected chi connectivity index (χ2v) is 6.04. The Morgan fingerprint density at radius 1 is 1.25 bits per heavy atom. The van der Waals surface area contributed by atoms with Gasteiger partial charge in [0.05, 0.1) is 11.7 Å². The molecule has 0 bridgehead atoms. The van der Waals surface area contributed by atoms with E-state index in [1.165, 1.54) is 13.4 Å². The lowest BCUT2D eigenvalue weighted by Crippen LogP contribution is -2.49. The molecule has 1 aromatic carbocycles. The van der Waals surface area contributed by atoms with Crippen molar-refractivity contribution in [3.63, 3.8) is 0 Å². The lowest BCUT2D eigenvalue weighted by Gasteiger charge is -2.34. The average Bonchev–Trinajstić information content (AvgIpc) is 3.04. The maximum Gasteiger partial charge on any atom is 0.248 e. The number of carbonyl (C=O) groups excluding carboxylic acids is 1. The molecule has 0 unspecified atom stereocenters. The molecular weight excluding hydrogens is 330 g/mol. The Morgan fingerprint density at radius 3 is 2.71 bits per heavy atom. The van der Waals surface area contributed by atoms with Crippen LogP contribution in [0, 0.1) is 0 Å². The molecule has 0 saturated carbocycles. The van der Waals surface area contributed by atoms with Gasteiger partial charge >= 0.3 is 0 Å². The van der Waals surface area contributed by atoms with Crippen molar-refractivity contribution < 1.29 is 9.53 Å². The third-order valence-electron chi connectivity index (χ3n) is 4.06. The summed E-state index contributed by atoms with van der Waals surface area (Å²) in [5.41, 5.74) is 0.866. The first-order chi connectivity index (χ1) is 11.7. The maximum atomic E-state index is 11.8. The Balaban J connectivity index is 1.64. The molecule has 0 radical (unpaired) electrons. The number of ether oxygens (including phenoxy) is 1. The second-order valence-electron chi connectivity index (χ2n) is 5.64. The number of halogens is 1. The van der Waals surface area contributed by atoms with Crippen molar-refractivity contribution >= 4 is 17.5 Å². The molecule has 0 N–H and O–H groups in total. The number of nitrogens with zero attached hydrogens (tertiary/aromatic N) is 5. The smallest absolute Gasteiger partial charge is 0.248 e. The molecule has 0 spiro atoms. The minimum absolute atomic E-state index is 0.0367. The van der Waals surface area contributed by atoms with E-state index in [4.69, 9.17) is 16.3 Å². The molecule has 1 amide bonds.